The molecule has 17 heavy (non-hydrogen) atoms. The summed E-state index contributed by atoms with van der Waals surface area (Å²) in [6, 6.07) is 7.48. The fourth-order valence-corrected chi connectivity index (χ4v) is 2.52. The quantitative estimate of drug-likeness (QED) is 0.767. The minimum Gasteiger partial charge on any atom is -0.342 e. The molecule has 1 aromatic rings. The van der Waals surface area contributed by atoms with Gasteiger partial charge in [0, 0.05) is 22.9 Å². The fourth-order valence-electron chi connectivity index (χ4n) is 1.99. The van der Waals surface area contributed by atoms with Crippen LogP contribution in [0.2, 0.25) is 5.02 Å². The number of rotatable bonds is 2. The van der Waals surface area contributed by atoms with Gasteiger partial charge in [0.05, 0.1) is 6.42 Å². The lowest BCUT2D eigenvalue weighted by atomic mass is 10.1. The molecule has 1 fully saturated rings. The summed E-state index contributed by atoms with van der Waals surface area (Å²) in [7, 11) is 0. The molecule has 1 amide bonds. The van der Waals surface area contributed by atoms with Crippen molar-refractivity contribution in [3.8, 4) is 0 Å². The van der Waals surface area contributed by atoms with Gasteiger partial charge in [0.1, 0.15) is 0 Å². The Morgan fingerprint density at radius 1 is 1.29 bits per heavy atom. The first-order valence-corrected chi connectivity index (χ1v) is 7.11. The highest BCUT2D eigenvalue weighted by Gasteiger charge is 2.20. The number of carbonyl (C=O) groups is 1. The monoisotopic (exact) mass is 315 g/mol. The molecule has 0 radical (unpaired) electrons. The molecule has 0 aliphatic carbocycles. The van der Waals surface area contributed by atoms with E-state index in [1.807, 2.05) is 29.2 Å². The predicted octanol–water partition coefficient (Wildman–Crippen LogP) is 3.27. The van der Waals surface area contributed by atoms with Crippen LogP contribution in [0.5, 0.6) is 0 Å². The molecular weight excluding hydrogens is 302 g/mol. The van der Waals surface area contributed by atoms with Crippen LogP contribution in [0.4, 0.5) is 0 Å². The van der Waals surface area contributed by atoms with Crippen molar-refractivity contribution in [2.75, 3.05) is 13.1 Å². The summed E-state index contributed by atoms with van der Waals surface area (Å²) in [6.07, 6.45) is 2.57. The Labute approximate surface area is 115 Å². The molecule has 0 N–H and O–H groups in total. The van der Waals surface area contributed by atoms with Crippen molar-refractivity contribution >= 4 is 33.4 Å². The molecule has 1 heterocycles. The zero-order chi connectivity index (χ0) is 12.3. The Kier molecular flexibility index (Phi) is 4.46. The van der Waals surface area contributed by atoms with Crippen LogP contribution in [-0.4, -0.2) is 28.7 Å². The Hall–Kier alpha value is -0.540. The number of alkyl halides is 1. The van der Waals surface area contributed by atoms with Gasteiger partial charge in [-0.25, -0.2) is 0 Å². The van der Waals surface area contributed by atoms with Crippen LogP contribution < -0.4 is 0 Å². The summed E-state index contributed by atoms with van der Waals surface area (Å²) >= 11 is 9.40. The number of carbonyl (C=O) groups excluding carboxylic acids is 1. The number of likely N-dealkylation sites (tertiary alicyclic amines) is 1. The van der Waals surface area contributed by atoms with Crippen molar-refractivity contribution in [3.05, 3.63) is 34.9 Å². The van der Waals surface area contributed by atoms with E-state index in [-0.39, 0.29) is 5.91 Å². The molecule has 0 saturated carbocycles. The van der Waals surface area contributed by atoms with Crippen LogP contribution in [0.1, 0.15) is 18.4 Å². The van der Waals surface area contributed by atoms with Gasteiger partial charge in [-0.2, -0.15) is 0 Å². The van der Waals surface area contributed by atoms with E-state index in [1.165, 1.54) is 0 Å². The third-order valence-electron chi connectivity index (χ3n) is 3.05. The second-order valence-electron chi connectivity index (χ2n) is 4.36. The molecule has 0 bridgehead atoms. The predicted molar refractivity (Wildman–Crippen MR) is 73.7 cm³/mol. The lowest BCUT2D eigenvalue weighted by Crippen LogP contribution is -2.39. The Balaban J connectivity index is 1.90. The molecule has 1 aromatic carbocycles. The van der Waals surface area contributed by atoms with Gasteiger partial charge >= 0.3 is 0 Å². The standard InChI is InChI=1S/C13H15BrClNO/c14-11-5-7-16(8-6-11)13(17)9-10-1-3-12(15)4-2-10/h1-4,11H,5-9H2. The summed E-state index contributed by atoms with van der Waals surface area (Å²) in [5.41, 5.74) is 1.03. The molecule has 2 rings (SSSR count). The molecule has 0 unspecified atom stereocenters. The first-order chi connectivity index (χ1) is 8.15. The van der Waals surface area contributed by atoms with Gasteiger partial charge in [-0.3, -0.25) is 4.79 Å². The summed E-state index contributed by atoms with van der Waals surface area (Å²) in [5, 5.41) is 0.710. The molecule has 1 saturated heterocycles. The zero-order valence-corrected chi connectivity index (χ0v) is 11.9. The van der Waals surface area contributed by atoms with Crippen LogP contribution >= 0.6 is 27.5 Å². The van der Waals surface area contributed by atoms with Gasteiger partial charge < -0.3 is 4.90 Å². The van der Waals surface area contributed by atoms with Gasteiger partial charge in [-0.15, -0.1) is 0 Å². The number of amides is 1. The molecule has 1 aliphatic heterocycles. The van der Waals surface area contributed by atoms with Crippen LogP contribution in [-0.2, 0) is 11.2 Å². The molecule has 0 spiro atoms. The number of piperidine rings is 1. The molecule has 0 atom stereocenters. The Morgan fingerprint density at radius 3 is 2.47 bits per heavy atom. The maximum atomic E-state index is 12.0. The molecule has 2 nitrogen and oxygen atoms in total. The average Bonchev–Trinajstić information content (AvgIpc) is 2.33. The van der Waals surface area contributed by atoms with Gasteiger partial charge in [0.2, 0.25) is 5.91 Å². The normalized spacial score (nSPS) is 17.2. The van der Waals surface area contributed by atoms with Crippen molar-refractivity contribution in [1.82, 2.24) is 4.90 Å². The van der Waals surface area contributed by atoms with E-state index in [1.54, 1.807) is 0 Å². The summed E-state index contributed by atoms with van der Waals surface area (Å²) < 4.78 is 0. The number of hydrogen-bond donors (Lipinski definition) is 0. The number of benzene rings is 1. The fraction of sp³-hybridized carbons (Fsp3) is 0.462. The number of nitrogens with zero attached hydrogens (tertiary/aromatic N) is 1. The first-order valence-electron chi connectivity index (χ1n) is 5.81. The van der Waals surface area contributed by atoms with E-state index >= 15 is 0 Å². The van der Waals surface area contributed by atoms with Crippen molar-refractivity contribution < 1.29 is 4.79 Å². The smallest absolute Gasteiger partial charge is 0.226 e. The van der Waals surface area contributed by atoms with E-state index in [2.05, 4.69) is 15.9 Å². The second-order valence-corrected chi connectivity index (χ2v) is 6.09. The Bertz CT molecular complexity index is 385. The maximum absolute atomic E-state index is 12.0. The van der Waals surface area contributed by atoms with Crippen molar-refractivity contribution in [3.63, 3.8) is 0 Å². The highest BCUT2D eigenvalue weighted by atomic mass is 79.9. The minimum atomic E-state index is 0.215. The largest absolute Gasteiger partial charge is 0.342 e. The van der Waals surface area contributed by atoms with E-state index in [4.69, 9.17) is 11.6 Å². The van der Waals surface area contributed by atoms with E-state index < -0.39 is 0 Å². The lowest BCUT2D eigenvalue weighted by molar-refractivity contribution is -0.131. The summed E-state index contributed by atoms with van der Waals surface area (Å²) in [6.45, 7) is 1.73. The second kappa shape index (κ2) is 5.87. The SMILES string of the molecule is O=C(Cc1ccc(Cl)cc1)N1CCC(Br)CC1. The van der Waals surface area contributed by atoms with Crippen LogP contribution in [0.3, 0.4) is 0 Å². The first kappa shape index (κ1) is 12.9. The highest BCUT2D eigenvalue weighted by molar-refractivity contribution is 9.09. The third kappa shape index (κ3) is 3.71. The Morgan fingerprint density at radius 2 is 1.88 bits per heavy atom. The van der Waals surface area contributed by atoms with E-state index in [0.29, 0.717) is 16.3 Å². The van der Waals surface area contributed by atoms with Gasteiger partial charge in [-0.05, 0) is 30.5 Å². The van der Waals surface area contributed by atoms with E-state index in [9.17, 15) is 4.79 Å². The minimum absolute atomic E-state index is 0.215. The van der Waals surface area contributed by atoms with Crippen molar-refractivity contribution in [2.24, 2.45) is 0 Å². The van der Waals surface area contributed by atoms with E-state index in [0.717, 1.165) is 31.5 Å². The van der Waals surface area contributed by atoms with Crippen LogP contribution in [0.15, 0.2) is 24.3 Å². The zero-order valence-electron chi connectivity index (χ0n) is 9.53. The van der Waals surface area contributed by atoms with Crippen molar-refractivity contribution in [1.29, 1.82) is 0 Å². The topological polar surface area (TPSA) is 20.3 Å². The van der Waals surface area contributed by atoms with Gasteiger partial charge in [-0.1, -0.05) is 39.7 Å². The van der Waals surface area contributed by atoms with Gasteiger partial charge in [0.15, 0.2) is 0 Å². The molecule has 1 aliphatic rings. The highest BCUT2D eigenvalue weighted by Crippen LogP contribution is 2.18. The van der Waals surface area contributed by atoms with Gasteiger partial charge in [0.25, 0.3) is 0 Å². The molecule has 4 heteroatoms. The average molecular weight is 317 g/mol. The molecule has 0 aromatic heterocycles. The molecule has 92 valence electrons. The summed E-state index contributed by atoms with van der Waals surface area (Å²) in [5.74, 6) is 0.215. The summed E-state index contributed by atoms with van der Waals surface area (Å²) in [4.78, 5) is 14.6. The van der Waals surface area contributed by atoms with Crippen molar-refractivity contribution in [2.45, 2.75) is 24.1 Å². The molecular formula is C13H15BrClNO. The number of hydrogen-bond acceptors (Lipinski definition) is 1. The maximum Gasteiger partial charge on any atom is 0.226 e. The van der Waals surface area contributed by atoms with Crippen LogP contribution in [0, 0.1) is 0 Å². The lowest BCUT2D eigenvalue weighted by Gasteiger charge is -2.29. The third-order valence-corrected chi connectivity index (χ3v) is 4.21. The van der Waals surface area contributed by atoms with Crippen LogP contribution in [0.25, 0.3) is 0 Å². The number of halogens is 2.